The van der Waals surface area contributed by atoms with Crippen LogP contribution in [-0.2, 0) is 6.18 Å². The molecule has 1 aromatic carbocycles. The first-order chi connectivity index (χ1) is 9.18. The van der Waals surface area contributed by atoms with Crippen LogP contribution in [0.3, 0.4) is 0 Å². The van der Waals surface area contributed by atoms with Crippen LogP contribution in [0.25, 0.3) is 0 Å². The van der Waals surface area contributed by atoms with Gasteiger partial charge in [-0.1, -0.05) is 23.2 Å². The van der Waals surface area contributed by atoms with Crippen molar-refractivity contribution < 1.29 is 22.8 Å². The summed E-state index contributed by atoms with van der Waals surface area (Å²) in [4.78, 5) is 22.5. The van der Waals surface area contributed by atoms with Crippen molar-refractivity contribution in [2.45, 2.75) is 6.18 Å². The lowest BCUT2D eigenvalue weighted by Gasteiger charge is -2.14. The first-order valence-corrected chi connectivity index (χ1v) is 5.77. The lowest BCUT2D eigenvalue weighted by Crippen LogP contribution is -2.45. The Morgan fingerprint density at radius 3 is 2.25 bits per heavy atom. The summed E-state index contributed by atoms with van der Waals surface area (Å²) in [5.41, 5.74) is 2.02. The molecule has 0 unspecified atom stereocenters. The van der Waals surface area contributed by atoms with Gasteiger partial charge in [0.2, 0.25) is 0 Å². The Kier molecular flexibility index (Phi) is 5.07. The van der Waals surface area contributed by atoms with Crippen LogP contribution in [0.5, 0.6) is 0 Å². The third kappa shape index (κ3) is 3.67. The van der Waals surface area contributed by atoms with Crippen molar-refractivity contribution in [2.24, 2.45) is 0 Å². The third-order valence-electron chi connectivity index (χ3n) is 2.14. The van der Waals surface area contributed by atoms with Crippen LogP contribution in [0, 0.1) is 0 Å². The fourth-order valence-electron chi connectivity index (χ4n) is 1.23. The summed E-state index contributed by atoms with van der Waals surface area (Å²) < 4.78 is 38.2. The van der Waals surface area contributed by atoms with E-state index in [-0.39, 0.29) is 0 Å². The predicted octanol–water partition coefficient (Wildman–Crippen LogP) is 2.59. The van der Waals surface area contributed by atoms with Crippen LogP contribution >= 0.6 is 23.2 Å². The number of carbonyl (C=O) groups is 2. The summed E-state index contributed by atoms with van der Waals surface area (Å²) in [6.07, 6.45) is -4.81. The first-order valence-electron chi connectivity index (χ1n) is 5.01. The number of hydrogen-bond acceptors (Lipinski definition) is 2. The molecule has 0 fully saturated rings. The molecule has 1 rings (SSSR count). The zero-order valence-corrected chi connectivity index (χ0v) is 11.4. The average molecular weight is 330 g/mol. The second-order valence-electron chi connectivity index (χ2n) is 3.44. The molecule has 0 aliphatic rings. The van der Waals surface area contributed by atoms with Gasteiger partial charge in [0.25, 0.3) is 5.91 Å². The Hall–Kier alpha value is -1.67. The summed E-state index contributed by atoms with van der Waals surface area (Å²) in [6.45, 7) is 0. The molecular formula is C10H8Cl2F3N3O2. The Labute approximate surface area is 121 Å². The molecule has 0 bridgehead atoms. The predicted molar refractivity (Wildman–Crippen MR) is 66.5 cm³/mol. The Morgan fingerprint density at radius 2 is 1.75 bits per heavy atom. The van der Waals surface area contributed by atoms with E-state index in [1.165, 1.54) is 7.05 Å². The fraction of sp³-hybridized carbons (Fsp3) is 0.200. The molecule has 10 heteroatoms. The zero-order chi connectivity index (χ0) is 15.5. The number of halogens is 5. The van der Waals surface area contributed by atoms with E-state index in [0.717, 1.165) is 12.1 Å². The zero-order valence-electron chi connectivity index (χ0n) is 9.86. The van der Waals surface area contributed by atoms with Gasteiger partial charge in [0.1, 0.15) is 0 Å². The number of alkyl halides is 3. The van der Waals surface area contributed by atoms with E-state index in [9.17, 15) is 22.8 Å². The Balaban J connectivity index is 3.09. The first kappa shape index (κ1) is 16.4. The number of benzene rings is 1. The minimum absolute atomic E-state index is 0.472. The standard InChI is InChI=1S/C10H8Cl2F3N3O2/c1-16-9(20)18-17-8(19)4-2-3-5(11)6(7(4)12)10(13,14)15/h2-3H,1H3,(H,17,19)(H2,16,18,20). The van der Waals surface area contributed by atoms with Crippen molar-refractivity contribution in [3.63, 3.8) is 0 Å². The van der Waals surface area contributed by atoms with Crippen molar-refractivity contribution in [2.75, 3.05) is 7.05 Å². The molecule has 0 aliphatic heterocycles. The van der Waals surface area contributed by atoms with Gasteiger partial charge in [0, 0.05) is 7.05 Å². The molecule has 20 heavy (non-hydrogen) atoms. The van der Waals surface area contributed by atoms with E-state index in [1.54, 1.807) is 0 Å². The minimum atomic E-state index is -4.81. The molecule has 110 valence electrons. The molecule has 0 saturated heterocycles. The van der Waals surface area contributed by atoms with Gasteiger partial charge in [-0.3, -0.25) is 10.2 Å². The Morgan fingerprint density at radius 1 is 1.15 bits per heavy atom. The van der Waals surface area contributed by atoms with Crippen LogP contribution in [0.15, 0.2) is 12.1 Å². The minimum Gasteiger partial charge on any atom is -0.340 e. The molecular weight excluding hydrogens is 322 g/mol. The van der Waals surface area contributed by atoms with Crippen LogP contribution < -0.4 is 16.2 Å². The second kappa shape index (κ2) is 6.19. The van der Waals surface area contributed by atoms with Gasteiger partial charge >= 0.3 is 12.2 Å². The van der Waals surface area contributed by atoms with Crippen LogP contribution in [-0.4, -0.2) is 19.0 Å². The lowest BCUT2D eigenvalue weighted by atomic mass is 10.1. The molecule has 3 N–H and O–H groups in total. The fourth-order valence-corrected chi connectivity index (χ4v) is 1.90. The van der Waals surface area contributed by atoms with E-state index >= 15 is 0 Å². The van der Waals surface area contributed by atoms with Gasteiger partial charge in [-0.25, -0.2) is 10.2 Å². The van der Waals surface area contributed by atoms with Gasteiger partial charge < -0.3 is 5.32 Å². The van der Waals surface area contributed by atoms with Crippen molar-refractivity contribution in [3.05, 3.63) is 33.3 Å². The molecule has 0 atom stereocenters. The molecule has 0 aliphatic carbocycles. The van der Waals surface area contributed by atoms with E-state index in [0.29, 0.717) is 0 Å². The molecule has 5 nitrogen and oxygen atoms in total. The van der Waals surface area contributed by atoms with Gasteiger partial charge in [-0.15, -0.1) is 0 Å². The van der Waals surface area contributed by atoms with Crippen LogP contribution in [0.2, 0.25) is 10.0 Å². The highest BCUT2D eigenvalue weighted by molar-refractivity contribution is 6.38. The van der Waals surface area contributed by atoms with Crippen LogP contribution in [0.1, 0.15) is 15.9 Å². The lowest BCUT2D eigenvalue weighted by molar-refractivity contribution is -0.137. The number of hydrazine groups is 1. The maximum Gasteiger partial charge on any atom is 0.419 e. The maximum absolute atomic E-state index is 12.7. The highest BCUT2D eigenvalue weighted by Crippen LogP contribution is 2.40. The molecule has 0 heterocycles. The largest absolute Gasteiger partial charge is 0.419 e. The summed E-state index contributed by atoms with van der Waals surface area (Å²) in [5.74, 6) is -1.01. The van der Waals surface area contributed by atoms with E-state index in [2.05, 4.69) is 5.32 Å². The van der Waals surface area contributed by atoms with Crippen LogP contribution in [0.4, 0.5) is 18.0 Å². The number of carbonyl (C=O) groups excluding carboxylic acids is 2. The number of hydrogen-bond donors (Lipinski definition) is 3. The van der Waals surface area contributed by atoms with Gasteiger partial charge in [-0.05, 0) is 12.1 Å². The topological polar surface area (TPSA) is 70.2 Å². The summed E-state index contributed by atoms with van der Waals surface area (Å²) in [7, 11) is 1.29. The molecule has 0 aromatic heterocycles. The number of nitrogens with one attached hydrogen (secondary N) is 3. The molecule has 0 spiro atoms. The number of urea groups is 1. The van der Waals surface area contributed by atoms with Crippen molar-refractivity contribution >= 4 is 35.1 Å². The van der Waals surface area contributed by atoms with E-state index in [4.69, 9.17) is 23.2 Å². The van der Waals surface area contributed by atoms with Crippen molar-refractivity contribution in [1.82, 2.24) is 16.2 Å². The Bertz CT molecular complexity index is 549. The van der Waals surface area contributed by atoms with Gasteiger partial charge in [-0.2, -0.15) is 13.2 Å². The summed E-state index contributed by atoms with van der Waals surface area (Å²) in [6, 6.07) is 1.16. The normalized spacial score (nSPS) is 10.9. The summed E-state index contributed by atoms with van der Waals surface area (Å²) >= 11 is 11.0. The van der Waals surface area contributed by atoms with Gasteiger partial charge in [0.15, 0.2) is 0 Å². The highest BCUT2D eigenvalue weighted by Gasteiger charge is 2.37. The SMILES string of the molecule is CNC(=O)NNC(=O)c1ccc(Cl)c(C(F)(F)F)c1Cl. The molecule has 3 amide bonds. The average Bonchev–Trinajstić information content (AvgIpc) is 2.33. The second-order valence-corrected chi connectivity index (χ2v) is 4.23. The molecule has 1 aromatic rings. The third-order valence-corrected chi connectivity index (χ3v) is 2.84. The smallest absolute Gasteiger partial charge is 0.340 e. The summed E-state index contributed by atoms with van der Waals surface area (Å²) in [5, 5.41) is 0.660. The van der Waals surface area contributed by atoms with Crippen molar-refractivity contribution in [3.8, 4) is 0 Å². The number of rotatable bonds is 1. The van der Waals surface area contributed by atoms with E-state index < -0.39 is 39.3 Å². The highest BCUT2D eigenvalue weighted by atomic mass is 35.5. The molecule has 0 saturated carbocycles. The quantitative estimate of drug-likeness (QED) is 0.693. The van der Waals surface area contributed by atoms with Crippen molar-refractivity contribution in [1.29, 1.82) is 0 Å². The monoisotopic (exact) mass is 329 g/mol. The van der Waals surface area contributed by atoms with Gasteiger partial charge in [0.05, 0.1) is 21.2 Å². The number of amides is 3. The molecule has 0 radical (unpaired) electrons. The maximum atomic E-state index is 12.7. The van der Waals surface area contributed by atoms with E-state index in [1.807, 2.05) is 10.9 Å².